The van der Waals surface area contributed by atoms with Gasteiger partial charge in [-0.1, -0.05) is 393 Å². The fourth-order valence-corrected chi connectivity index (χ4v) is 60.6. The summed E-state index contributed by atoms with van der Waals surface area (Å²) in [5.41, 5.74) is 25.5. The average Bonchev–Trinajstić information content (AvgIpc) is 1.59. The summed E-state index contributed by atoms with van der Waals surface area (Å²) in [6.07, 6.45) is 35.2. The number of hydrogen-bond donors (Lipinski definition) is 0. The van der Waals surface area contributed by atoms with Gasteiger partial charge in [0.2, 0.25) is 0 Å². The molecule has 32 atom stereocenters. The molecule has 0 aliphatic heterocycles. The summed E-state index contributed by atoms with van der Waals surface area (Å²) in [5, 5.41) is 0. The van der Waals surface area contributed by atoms with Gasteiger partial charge in [0.05, 0.1) is 32.3 Å². The standard InChI is InChI=1S/C31H48Si.C29H44Si.C28H42Si.C27H40Si.8CH3.8ClH.4Zr/c1-19-18-28-26(24-14-16-25(17-15-24)31(6,7)8)12-11-13-27(28)29(19)32(9,10)30-22(4)20(2)21(3)23(30)5;1-17-13-14-24(18(2)15-17)25-11-10-12-26-27(25)16-19(3)28(26)30(8,9)29-22(6)20(4)21(5)23(29)7;1-17-12-14-23(15-13-17)24-10-9-11-25-26(24)16-18(2)27(25)29(7,8)28-21(5)19(3)20(4)22(28)6;1-17-16-25-23(22-12-9-8-10-13-22)14-11-15-24(25)26(17)28(6,7)27-20(4)18(2)19(3)21(27)5;;;;;;;;;;;;;;;;;;;;/h11-17,19-23,27-30H,18H2,1-10H3;10-15,19-23,26-29H,16H2,1-9H3;9-15,18-22,25-28H,16H2,1-8H3;8-15,17-21,24-27H,16H2,1-7H3;8*1H3;8*1H;;;;/q;;;;8*-1;;;;;;;;;4*+4/p-8. The summed E-state index contributed by atoms with van der Waals surface area (Å²) in [6, 6.07) is 37.0. The maximum absolute atomic E-state index is 4.93. The molecule has 4 aromatic rings. The first-order valence-corrected chi connectivity index (χ1v) is 89.1. The molecule has 32 unspecified atom stereocenters. The Balaban J connectivity index is 0.000000875. The van der Waals surface area contributed by atoms with Crippen molar-refractivity contribution in [3.05, 3.63) is 274 Å². The molecule has 0 heterocycles. The minimum absolute atomic E-state index is 0. The van der Waals surface area contributed by atoms with Crippen LogP contribution in [0.2, 0.25) is 96.7 Å². The van der Waals surface area contributed by atoms with Crippen LogP contribution in [0.15, 0.2) is 170 Å². The molecular weight excluding hydrogens is 2240 g/mol. The van der Waals surface area contributed by atoms with Gasteiger partial charge in [-0.3, -0.25) is 0 Å². The van der Waals surface area contributed by atoms with E-state index in [0.29, 0.717) is 11.8 Å². The number of benzene rings is 4. The SMILES string of the molecule is CC1CC2C(c3ccc(C(C)(C)C)cc3)=CC=CC2C1[Si](C)(C)C1C(C)C(C)C(C)C1C.CC1CC2C(c3ccccc3)=CC=CC2C1[Si](C)(C)C1C(C)C(C)C(C)C1C.Cc1ccc(C2=CC=CC3C2CC(C)C3[Si](C)(C)C2C(C)C(C)C(C)C2C)c(C)c1.Cc1ccc(C2=CC=CC3C2CC(C)C3[Si](C)(C)C2C(C)C(C)C(C)C2C)cc1.[CH3-].[CH3-].[CH3-].[CH3-].[CH3-].[CH3-].[CH3-].[CH3-].[Cl][Zr+2][Cl].[Cl][Zr+2][Cl].[Cl][Zr+2][Cl].[Cl][Zr+2][Cl]. The van der Waals surface area contributed by atoms with Gasteiger partial charge in [0.25, 0.3) is 0 Å². The summed E-state index contributed by atoms with van der Waals surface area (Å²) >= 11 is -3.30. The van der Waals surface area contributed by atoms with Gasteiger partial charge >= 0.3 is 151 Å². The molecule has 0 nitrogen and oxygen atoms in total. The molecule has 12 aliphatic rings. The molecule has 0 spiro atoms. The number of halogens is 8. The third kappa shape index (κ3) is 30.0. The van der Waals surface area contributed by atoms with Gasteiger partial charge in [-0.15, -0.1) is 0 Å². The van der Waals surface area contributed by atoms with Crippen LogP contribution in [0.25, 0.3) is 22.3 Å². The van der Waals surface area contributed by atoms with Gasteiger partial charge in [0.15, 0.2) is 0 Å². The predicted molar refractivity (Wildman–Crippen MR) is 635 cm³/mol. The second-order valence-corrected chi connectivity index (χ2v) is 83.3. The van der Waals surface area contributed by atoms with Crippen LogP contribution in [0.1, 0.15) is 229 Å². The number of fused-ring (bicyclic) bond motifs is 4. The van der Waals surface area contributed by atoms with Crippen LogP contribution in [-0.4, -0.2) is 32.3 Å². The molecule has 0 saturated heterocycles. The molecule has 4 aromatic carbocycles. The molecule has 139 heavy (non-hydrogen) atoms. The van der Waals surface area contributed by atoms with E-state index in [1.54, 1.807) is 22.3 Å². The zero-order valence-electron chi connectivity index (χ0n) is 95.3. The van der Waals surface area contributed by atoms with Gasteiger partial charge in [-0.2, -0.15) is 0 Å². The van der Waals surface area contributed by atoms with Crippen molar-refractivity contribution in [3.8, 4) is 0 Å². The molecule has 8 saturated carbocycles. The Morgan fingerprint density at radius 1 is 0.259 bits per heavy atom. The van der Waals surface area contributed by atoms with Crippen LogP contribution in [0.4, 0.5) is 0 Å². The molecule has 16 heteroatoms. The van der Waals surface area contributed by atoms with E-state index in [1.807, 2.05) is 0 Å². The number of aryl methyl sites for hydroxylation is 3. The fourth-order valence-electron chi connectivity index (χ4n) is 33.8. The molecule has 8 fully saturated rings. The summed E-state index contributed by atoms with van der Waals surface area (Å²) in [4.78, 5) is 0. The van der Waals surface area contributed by atoms with Crippen LogP contribution in [0, 0.1) is 246 Å². The van der Waals surface area contributed by atoms with Crippen molar-refractivity contribution in [3.63, 3.8) is 0 Å². The quantitative estimate of drug-likeness (QED) is 0.0980. The monoisotopic (exact) mass is 2430 g/mol. The molecule has 0 radical (unpaired) electrons. The Labute approximate surface area is 941 Å². The molecule has 12 aliphatic carbocycles. The van der Waals surface area contributed by atoms with E-state index >= 15 is 0 Å². The Morgan fingerprint density at radius 3 is 0.698 bits per heavy atom. The van der Waals surface area contributed by atoms with Gasteiger partial charge in [0, 0.05) is 0 Å². The molecule has 0 amide bonds. The van der Waals surface area contributed by atoms with Crippen molar-refractivity contribution in [1.82, 2.24) is 0 Å². The molecule has 16 rings (SSSR count). The zero-order chi connectivity index (χ0) is 97.7. The van der Waals surface area contributed by atoms with Crippen molar-refractivity contribution >= 4 is 123 Å². The van der Waals surface area contributed by atoms with E-state index in [4.69, 9.17) is 68.1 Å². The topological polar surface area (TPSA) is 0 Å². The Kier molecular flexibility index (Phi) is 59.6. The Morgan fingerprint density at radius 2 is 0.468 bits per heavy atom. The van der Waals surface area contributed by atoms with Crippen LogP contribution in [0.3, 0.4) is 0 Å². The van der Waals surface area contributed by atoms with E-state index in [-0.39, 0.29) is 64.8 Å². The van der Waals surface area contributed by atoms with E-state index in [1.165, 1.54) is 70.2 Å². The summed E-state index contributed by atoms with van der Waals surface area (Å²) < 4.78 is 0. The Bertz CT molecular complexity index is 4500. The van der Waals surface area contributed by atoms with E-state index < -0.39 is 116 Å². The number of hydrogen-bond acceptors (Lipinski definition) is 0. The van der Waals surface area contributed by atoms with Gasteiger partial charge in [-0.25, -0.2) is 0 Å². The van der Waals surface area contributed by atoms with Crippen molar-refractivity contribution in [2.75, 3.05) is 0 Å². The molecule has 0 N–H and O–H groups in total. The van der Waals surface area contributed by atoms with Crippen molar-refractivity contribution in [1.29, 1.82) is 0 Å². The molecule has 0 aromatic heterocycles. The van der Waals surface area contributed by atoms with Crippen LogP contribution >= 0.6 is 68.1 Å². The summed E-state index contributed by atoms with van der Waals surface area (Å²) in [6.45, 7) is 86.9. The number of rotatable bonds is 12. The fraction of sp³-hybridized carbons (Fsp3) is 0.610. The predicted octanol–water partition coefficient (Wildman–Crippen LogP) is 43.0. The van der Waals surface area contributed by atoms with Gasteiger partial charge in [0.1, 0.15) is 0 Å². The van der Waals surface area contributed by atoms with Gasteiger partial charge in [-0.05, 0) is 318 Å². The van der Waals surface area contributed by atoms with Crippen molar-refractivity contribution in [2.24, 2.45) is 166 Å². The second kappa shape index (κ2) is 59.8. The van der Waals surface area contributed by atoms with Crippen LogP contribution in [-0.2, 0) is 88.8 Å². The first-order valence-electron chi connectivity index (χ1n) is 51.2. The maximum atomic E-state index is 4.93. The van der Waals surface area contributed by atoms with Gasteiger partial charge < -0.3 is 59.4 Å². The van der Waals surface area contributed by atoms with E-state index in [2.05, 4.69) is 402 Å². The molecule has 778 valence electrons. The normalized spacial score (nSPS) is 35.8. The number of allylic oxidation sites excluding steroid dienone is 16. The van der Waals surface area contributed by atoms with Crippen LogP contribution < -0.4 is 0 Å². The molecule has 0 bridgehead atoms. The third-order valence-electron chi connectivity index (χ3n) is 40.1. The molecular formula is C123H198Cl8Si4Zr4. The first kappa shape index (κ1) is 139. The van der Waals surface area contributed by atoms with Crippen molar-refractivity contribution < 1.29 is 83.4 Å². The van der Waals surface area contributed by atoms with Crippen molar-refractivity contribution in [2.45, 2.75) is 308 Å². The Hall–Kier alpha value is 1.52. The van der Waals surface area contributed by atoms with E-state index in [0.717, 1.165) is 198 Å². The zero-order valence-corrected chi connectivity index (χ0v) is 115. The first-order chi connectivity index (χ1) is 61.4. The summed E-state index contributed by atoms with van der Waals surface area (Å²) in [7, 11) is 33.7. The second-order valence-electron chi connectivity index (χ2n) is 48.5. The van der Waals surface area contributed by atoms with E-state index in [9.17, 15) is 0 Å². The third-order valence-corrected chi connectivity index (χ3v) is 61.9. The minimum atomic E-state index is -1.46. The van der Waals surface area contributed by atoms with Crippen LogP contribution in [0.5, 0.6) is 0 Å². The summed E-state index contributed by atoms with van der Waals surface area (Å²) in [5.74, 6) is 23.2. The average molecular weight is 2440 g/mol.